The fourth-order valence-corrected chi connectivity index (χ4v) is 3.22. The van der Waals surface area contributed by atoms with Gasteiger partial charge in [0.25, 0.3) is 0 Å². The molecule has 1 aliphatic heterocycles. The van der Waals surface area contributed by atoms with E-state index in [-0.39, 0.29) is 16.7 Å². The van der Waals surface area contributed by atoms with Gasteiger partial charge in [-0.3, -0.25) is 0 Å². The molecule has 0 aliphatic carbocycles. The lowest BCUT2D eigenvalue weighted by Gasteiger charge is -2.28. The molecule has 5 heteroatoms. The minimum Gasteiger partial charge on any atom is -0.317 e. The third kappa shape index (κ3) is 4.42. The number of rotatable bonds is 3. The molecule has 0 spiro atoms. The zero-order chi connectivity index (χ0) is 13.9. The third-order valence-corrected chi connectivity index (χ3v) is 4.43. The van der Waals surface area contributed by atoms with E-state index in [2.05, 4.69) is 12.2 Å². The van der Waals surface area contributed by atoms with Crippen LogP contribution >= 0.6 is 11.8 Å². The molecule has 0 saturated carbocycles. The van der Waals surface area contributed by atoms with Crippen molar-refractivity contribution in [2.45, 2.75) is 36.1 Å². The number of hydrogen-bond donors (Lipinski definition) is 1. The van der Waals surface area contributed by atoms with Gasteiger partial charge in [-0.1, -0.05) is 19.1 Å². The zero-order valence-corrected chi connectivity index (χ0v) is 11.7. The number of benzene rings is 1. The van der Waals surface area contributed by atoms with E-state index in [9.17, 15) is 13.2 Å². The lowest BCUT2D eigenvalue weighted by molar-refractivity contribution is -0.0328. The lowest BCUT2D eigenvalue weighted by atomic mass is 9.82. The molecule has 1 heterocycles. The molecule has 0 amide bonds. The van der Waals surface area contributed by atoms with Crippen LogP contribution < -0.4 is 5.32 Å². The minimum absolute atomic E-state index is 0.0334. The Kier molecular flexibility index (Phi) is 4.79. The highest BCUT2D eigenvalue weighted by Crippen LogP contribution is 2.39. The largest absolute Gasteiger partial charge is 0.446 e. The molecule has 1 aromatic carbocycles. The van der Waals surface area contributed by atoms with Crippen molar-refractivity contribution in [3.63, 3.8) is 0 Å². The number of nitrogens with one attached hydrogen (secondary N) is 1. The molecule has 19 heavy (non-hydrogen) atoms. The van der Waals surface area contributed by atoms with Gasteiger partial charge in [0.05, 0.1) is 0 Å². The van der Waals surface area contributed by atoms with E-state index in [1.165, 1.54) is 6.07 Å². The van der Waals surface area contributed by atoms with Gasteiger partial charge in [0.15, 0.2) is 0 Å². The second kappa shape index (κ2) is 6.18. The summed E-state index contributed by atoms with van der Waals surface area (Å²) in [5.74, 6) is 0.878. The van der Waals surface area contributed by atoms with E-state index < -0.39 is 5.51 Å². The van der Waals surface area contributed by atoms with Crippen LogP contribution in [0.15, 0.2) is 29.2 Å². The van der Waals surface area contributed by atoms with Crippen LogP contribution in [0.4, 0.5) is 13.2 Å². The van der Waals surface area contributed by atoms with Crippen molar-refractivity contribution < 1.29 is 13.2 Å². The first kappa shape index (κ1) is 14.7. The van der Waals surface area contributed by atoms with Crippen LogP contribution in [-0.4, -0.2) is 18.6 Å². The summed E-state index contributed by atoms with van der Waals surface area (Å²) < 4.78 is 37.2. The molecule has 1 saturated heterocycles. The van der Waals surface area contributed by atoms with E-state index in [0.717, 1.165) is 31.5 Å². The van der Waals surface area contributed by atoms with Crippen LogP contribution in [0.1, 0.15) is 31.2 Å². The van der Waals surface area contributed by atoms with Crippen molar-refractivity contribution in [2.75, 3.05) is 13.1 Å². The summed E-state index contributed by atoms with van der Waals surface area (Å²) >= 11 is -0.0334. The van der Waals surface area contributed by atoms with Crippen LogP contribution in [0.5, 0.6) is 0 Å². The second-order valence-electron chi connectivity index (χ2n) is 5.00. The van der Waals surface area contributed by atoms with Crippen LogP contribution in [-0.2, 0) is 0 Å². The third-order valence-electron chi connectivity index (χ3n) is 3.71. The molecule has 1 aliphatic rings. The SMILES string of the molecule is CC(c1cccc(SC(F)(F)F)c1)C1CCNCC1. The van der Waals surface area contributed by atoms with Crippen LogP contribution in [0.3, 0.4) is 0 Å². The minimum atomic E-state index is -4.21. The van der Waals surface area contributed by atoms with Gasteiger partial charge < -0.3 is 5.32 Å². The number of halogens is 3. The molecule has 1 atom stereocenters. The normalized spacial score (nSPS) is 19.4. The van der Waals surface area contributed by atoms with Gasteiger partial charge in [-0.15, -0.1) is 0 Å². The van der Waals surface area contributed by atoms with Crippen molar-refractivity contribution in [3.05, 3.63) is 29.8 Å². The summed E-state index contributed by atoms with van der Waals surface area (Å²) in [5, 5.41) is 3.31. The Morgan fingerprint density at radius 3 is 2.58 bits per heavy atom. The molecular formula is C14H18F3NS. The standard InChI is InChI=1S/C14H18F3NS/c1-10(11-5-7-18-8-6-11)12-3-2-4-13(9-12)19-14(15,16)17/h2-4,9-11,18H,5-8H2,1H3. The van der Waals surface area contributed by atoms with Gasteiger partial charge >= 0.3 is 5.51 Å². The number of hydrogen-bond acceptors (Lipinski definition) is 2. The lowest BCUT2D eigenvalue weighted by Crippen LogP contribution is -2.30. The topological polar surface area (TPSA) is 12.0 Å². The van der Waals surface area contributed by atoms with Gasteiger partial charge in [-0.2, -0.15) is 13.2 Å². The molecule has 0 radical (unpaired) electrons. The van der Waals surface area contributed by atoms with Crippen molar-refractivity contribution in [3.8, 4) is 0 Å². The monoisotopic (exact) mass is 289 g/mol. The number of piperidine rings is 1. The van der Waals surface area contributed by atoms with Crippen molar-refractivity contribution >= 4 is 11.8 Å². The van der Waals surface area contributed by atoms with Crippen LogP contribution in [0, 0.1) is 5.92 Å². The summed E-state index contributed by atoms with van der Waals surface area (Å²) in [6, 6.07) is 6.87. The molecular weight excluding hydrogens is 271 g/mol. The summed E-state index contributed by atoms with van der Waals surface area (Å²) in [6.07, 6.45) is 2.19. The maximum absolute atomic E-state index is 12.4. The molecule has 0 aromatic heterocycles. The smallest absolute Gasteiger partial charge is 0.317 e. The fourth-order valence-electron chi connectivity index (χ4n) is 2.61. The summed E-state index contributed by atoms with van der Waals surface area (Å²) in [5.41, 5.74) is -3.20. The van der Waals surface area contributed by atoms with E-state index in [1.807, 2.05) is 6.07 Å². The van der Waals surface area contributed by atoms with E-state index in [1.54, 1.807) is 12.1 Å². The zero-order valence-electron chi connectivity index (χ0n) is 10.8. The predicted octanol–water partition coefficient (Wildman–Crippen LogP) is 4.40. The molecule has 1 aromatic rings. The van der Waals surface area contributed by atoms with E-state index >= 15 is 0 Å². The molecule has 106 valence electrons. The van der Waals surface area contributed by atoms with Gasteiger partial charge in [0.2, 0.25) is 0 Å². The first-order chi connectivity index (χ1) is 8.96. The Morgan fingerprint density at radius 1 is 1.26 bits per heavy atom. The van der Waals surface area contributed by atoms with Crippen LogP contribution in [0.25, 0.3) is 0 Å². The molecule has 1 unspecified atom stereocenters. The molecule has 1 nitrogen and oxygen atoms in total. The Labute approximate surface area is 116 Å². The summed E-state index contributed by atoms with van der Waals surface area (Å²) in [6.45, 7) is 4.13. The second-order valence-corrected chi connectivity index (χ2v) is 6.13. The summed E-state index contributed by atoms with van der Waals surface area (Å²) in [4.78, 5) is 0.283. The van der Waals surface area contributed by atoms with Gasteiger partial charge in [0.1, 0.15) is 0 Å². The van der Waals surface area contributed by atoms with Gasteiger partial charge in [-0.05, 0) is 67.2 Å². The van der Waals surface area contributed by atoms with Crippen molar-refractivity contribution in [1.29, 1.82) is 0 Å². The highest BCUT2D eigenvalue weighted by molar-refractivity contribution is 8.00. The fraction of sp³-hybridized carbons (Fsp3) is 0.571. The summed E-state index contributed by atoms with van der Waals surface area (Å²) in [7, 11) is 0. The highest BCUT2D eigenvalue weighted by Gasteiger charge is 2.29. The quantitative estimate of drug-likeness (QED) is 0.828. The first-order valence-corrected chi connectivity index (χ1v) is 7.34. The average Bonchev–Trinajstić information content (AvgIpc) is 2.37. The van der Waals surface area contributed by atoms with Crippen molar-refractivity contribution in [1.82, 2.24) is 5.32 Å². The number of thioether (sulfide) groups is 1. The average molecular weight is 289 g/mol. The Hall–Kier alpha value is -0.680. The maximum atomic E-state index is 12.4. The highest BCUT2D eigenvalue weighted by atomic mass is 32.2. The van der Waals surface area contributed by atoms with Crippen LogP contribution in [0.2, 0.25) is 0 Å². The predicted molar refractivity (Wildman–Crippen MR) is 72.4 cm³/mol. The molecule has 1 N–H and O–H groups in total. The molecule has 0 bridgehead atoms. The van der Waals surface area contributed by atoms with Crippen molar-refractivity contribution in [2.24, 2.45) is 5.92 Å². The van der Waals surface area contributed by atoms with E-state index in [0.29, 0.717) is 11.8 Å². The van der Waals surface area contributed by atoms with Gasteiger partial charge in [-0.25, -0.2) is 0 Å². The number of alkyl halides is 3. The molecule has 1 fully saturated rings. The maximum Gasteiger partial charge on any atom is 0.446 e. The Bertz CT molecular complexity index is 413. The molecule has 2 rings (SSSR count). The Morgan fingerprint density at radius 2 is 1.95 bits per heavy atom. The van der Waals surface area contributed by atoms with E-state index in [4.69, 9.17) is 0 Å². The van der Waals surface area contributed by atoms with Gasteiger partial charge in [0, 0.05) is 4.90 Å². The Balaban J connectivity index is 2.09. The first-order valence-electron chi connectivity index (χ1n) is 6.52.